The van der Waals surface area contributed by atoms with Crippen LogP contribution in [0.15, 0.2) is 34.2 Å². The van der Waals surface area contributed by atoms with Gasteiger partial charge < -0.3 is 20.1 Å². The van der Waals surface area contributed by atoms with E-state index in [9.17, 15) is 4.79 Å². The van der Waals surface area contributed by atoms with Crippen LogP contribution in [0.25, 0.3) is 0 Å². The number of hydrogen-bond acceptors (Lipinski definition) is 5. The first-order valence-corrected chi connectivity index (χ1v) is 8.74. The van der Waals surface area contributed by atoms with Gasteiger partial charge in [0, 0.05) is 37.7 Å². The number of allylic oxidation sites excluding steroid dienone is 4. The maximum atomic E-state index is 12.1. The minimum Gasteiger partial charge on any atom is -0.487 e. The molecule has 0 aromatic heterocycles. The molecule has 6 nitrogen and oxygen atoms in total. The van der Waals surface area contributed by atoms with Gasteiger partial charge in [0.05, 0.1) is 4.48 Å². The molecule has 3 N–H and O–H groups in total. The summed E-state index contributed by atoms with van der Waals surface area (Å²) < 4.78 is 12.1. The number of carbonyl (C=O) groups excluding carboxylic acids is 1. The van der Waals surface area contributed by atoms with Gasteiger partial charge in [0.2, 0.25) is 0 Å². The average Bonchev–Trinajstić information content (AvgIpc) is 2.50. The van der Waals surface area contributed by atoms with Crippen molar-refractivity contribution in [1.82, 2.24) is 4.90 Å². The quantitative estimate of drug-likeness (QED) is 0.746. The zero-order valence-electron chi connectivity index (χ0n) is 14.3. The molecule has 1 aliphatic carbocycles. The number of amides is 1. The highest BCUT2D eigenvalue weighted by atomic mass is 79.9. The molecule has 24 heavy (non-hydrogen) atoms. The van der Waals surface area contributed by atoms with Crippen LogP contribution in [0.2, 0.25) is 0 Å². The highest BCUT2D eigenvalue weighted by Gasteiger charge is 2.29. The van der Waals surface area contributed by atoms with Crippen molar-refractivity contribution in [2.75, 3.05) is 13.1 Å². The number of hydrogen-bond donors (Lipinski definition) is 2. The summed E-state index contributed by atoms with van der Waals surface area (Å²) in [5, 5.41) is 8.16. The fraction of sp³-hybridized carbons (Fsp3) is 0.529. The Bertz CT molecular complexity index is 609. The van der Waals surface area contributed by atoms with Gasteiger partial charge in [-0.05, 0) is 48.9 Å². The van der Waals surface area contributed by atoms with Crippen molar-refractivity contribution in [3.63, 3.8) is 0 Å². The van der Waals surface area contributed by atoms with Gasteiger partial charge in [0.1, 0.15) is 17.4 Å². The molecule has 0 spiro atoms. The number of nitrogens with zero attached hydrogens (tertiary/aromatic N) is 1. The highest BCUT2D eigenvalue weighted by Crippen LogP contribution is 2.28. The molecule has 0 unspecified atom stereocenters. The average molecular weight is 398 g/mol. The van der Waals surface area contributed by atoms with Gasteiger partial charge in [0.25, 0.3) is 0 Å². The van der Waals surface area contributed by atoms with E-state index in [0.29, 0.717) is 37.3 Å². The molecular weight excluding hydrogens is 374 g/mol. The van der Waals surface area contributed by atoms with Crippen molar-refractivity contribution in [1.29, 1.82) is 5.41 Å². The molecule has 0 aromatic rings. The number of carbonyl (C=O) groups is 1. The third kappa shape index (κ3) is 4.63. The molecule has 1 fully saturated rings. The molecule has 1 aliphatic heterocycles. The van der Waals surface area contributed by atoms with Crippen molar-refractivity contribution in [2.45, 2.75) is 45.3 Å². The van der Waals surface area contributed by atoms with Gasteiger partial charge in [-0.15, -0.1) is 0 Å². The maximum Gasteiger partial charge on any atom is 0.410 e. The summed E-state index contributed by atoms with van der Waals surface area (Å²) in [5.74, 6) is 0.491. The Kier molecular flexibility index (Phi) is 5.74. The van der Waals surface area contributed by atoms with Gasteiger partial charge in [-0.1, -0.05) is 0 Å². The summed E-state index contributed by atoms with van der Waals surface area (Å²) >= 11 is 3.42. The molecule has 2 rings (SSSR count). The predicted molar refractivity (Wildman–Crippen MR) is 97.0 cm³/mol. The van der Waals surface area contributed by atoms with E-state index in [0.717, 1.165) is 4.48 Å². The number of piperidine rings is 1. The Hall–Kier alpha value is -1.76. The lowest BCUT2D eigenvalue weighted by Crippen LogP contribution is -2.43. The molecule has 7 heteroatoms. The van der Waals surface area contributed by atoms with E-state index < -0.39 is 5.60 Å². The minimum atomic E-state index is -0.491. The summed E-state index contributed by atoms with van der Waals surface area (Å²) in [6, 6.07) is 0. The van der Waals surface area contributed by atoms with E-state index in [1.807, 2.05) is 26.8 Å². The van der Waals surface area contributed by atoms with E-state index in [4.69, 9.17) is 20.6 Å². The van der Waals surface area contributed by atoms with Gasteiger partial charge in [-0.25, -0.2) is 4.79 Å². The van der Waals surface area contributed by atoms with Crippen LogP contribution >= 0.6 is 15.9 Å². The smallest absolute Gasteiger partial charge is 0.410 e. The van der Waals surface area contributed by atoms with Crippen LogP contribution in [0.5, 0.6) is 0 Å². The number of nitrogens with one attached hydrogen (secondary N) is 1. The van der Waals surface area contributed by atoms with Crippen LogP contribution < -0.4 is 5.73 Å². The predicted octanol–water partition coefficient (Wildman–Crippen LogP) is 3.44. The molecule has 132 valence electrons. The zero-order chi connectivity index (χ0) is 17.9. The summed E-state index contributed by atoms with van der Waals surface area (Å²) in [6.07, 6.45) is 6.04. The Morgan fingerprint density at radius 1 is 1.38 bits per heavy atom. The maximum absolute atomic E-state index is 12.1. The third-order valence-corrected chi connectivity index (χ3v) is 4.32. The molecule has 0 radical (unpaired) electrons. The van der Waals surface area contributed by atoms with Crippen LogP contribution in [-0.2, 0) is 9.47 Å². The molecule has 0 atom stereocenters. The number of halogens is 1. The van der Waals surface area contributed by atoms with E-state index >= 15 is 0 Å². The van der Waals surface area contributed by atoms with E-state index in [2.05, 4.69) is 15.9 Å². The Morgan fingerprint density at radius 2 is 2.00 bits per heavy atom. The van der Waals surface area contributed by atoms with Crippen molar-refractivity contribution >= 4 is 27.7 Å². The topological polar surface area (TPSA) is 88.6 Å². The number of nitrogens with two attached hydrogens (primary N) is 1. The summed E-state index contributed by atoms with van der Waals surface area (Å²) in [4.78, 5) is 13.8. The van der Waals surface area contributed by atoms with E-state index in [-0.39, 0.29) is 17.9 Å². The second-order valence-electron chi connectivity index (χ2n) is 6.79. The first-order valence-electron chi connectivity index (χ1n) is 7.95. The summed E-state index contributed by atoms with van der Waals surface area (Å²) in [7, 11) is 0. The largest absolute Gasteiger partial charge is 0.487 e. The van der Waals surface area contributed by atoms with Crippen LogP contribution in [0.4, 0.5) is 4.79 Å². The normalized spacial score (nSPS) is 21.4. The Morgan fingerprint density at radius 3 is 2.54 bits per heavy atom. The third-order valence-electron chi connectivity index (χ3n) is 3.70. The summed E-state index contributed by atoms with van der Waals surface area (Å²) in [6.45, 7) is 6.72. The lowest BCUT2D eigenvalue weighted by Gasteiger charge is -2.34. The van der Waals surface area contributed by atoms with E-state index in [1.54, 1.807) is 11.0 Å². The van der Waals surface area contributed by atoms with Crippen LogP contribution in [0.1, 0.15) is 33.6 Å². The van der Waals surface area contributed by atoms with Crippen LogP contribution in [0, 0.1) is 5.41 Å². The van der Waals surface area contributed by atoms with E-state index in [1.165, 1.54) is 6.20 Å². The van der Waals surface area contributed by atoms with Gasteiger partial charge >= 0.3 is 6.09 Å². The van der Waals surface area contributed by atoms with Crippen molar-refractivity contribution in [2.24, 2.45) is 5.73 Å². The Labute approximate surface area is 151 Å². The molecule has 1 heterocycles. The second kappa shape index (κ2) is 7.42. The summed E-state index contributed by atoms with van der Waals surface area (Å²) in [5.41, 5.74) is 5.93. The molecular formula is C17H24BrN3O3. The fourth-order valence-electron chi connectivity index (χ4n) is 2.48. The molecule has 0 saturated carbocycles. The monoisotopic (exact) mass is 397 g/mol. The van der Waals surface area contributed by atoms with Crippen LogP contribution in [-0.4, -0.2) is 41.5 Å². The van der Waals surface area contributed by atoms with Crippen molar-refractivity contribution < 1.29 is 14.3 Å². The van der Waals surface area contributed by atoms with Gasteiger partial charge in [0.15, 0.2) is 5.76 Å². The first kappa shape index (κ1) is 18.6. The minimum absolute atomic E-state index is 0.0443. The molecule has 0 aromatic carbocycles. The molecule has 1 amide bonds. The van der Waals surface area contributed by atoms with Crippen LogP contribution in [0.3, 0.4) is 0 Å². The number of ether oxygens (including phenoxy) is 2. The lowest BCUT2D eigenvalue weighted by atomic mass is 10.0. The molecule has 1 saturated heterocycles. The second-order valence-corrected chi connectivity index (χ2v) is 7.65. The number of rotatable bonds is 2. The fourth-order valence-corrected chi connectivity index (χ4v) is 2.90. The first-order chi connectivity index (χ1) is 11.2. The zero-order valence-corrected chi connectivity index (χ0v) is 15.9. The molecule has 2 aliphatic rings. The standard InChI is InChI=1S/C17H24BrN3O3/c1-17(2,3)24-16(22)21-8-6-12(7-9-21)23-15-13(18)5-4-11(10-19)14(15)20/h4-5,10,12,20H,6-9,19H2,1-3H3/b11-10-,20-14?. The lowest BCUT2D eigenvalue weighted by molar-refractivity contribution is 0.00610. The van der Waals surface area contributed by atoms with Gasteiger partial charge in [-0.3, -0.25) is 5.41 Å². The SMILES string of the molecule is CC(C)(C)OC(=O)N1CCC(OC2=C(Br)C=C/C(=C/N)C2=N)CC1. The number of likely N-dealkylation sites (tertiary alicyclic amines) is 1. The van der Waals surface area contributed by atoms with Crippen molar-refractivity contribution in [3.05, 3.63) is 34.2 Å². The Balaban J connectivity index is 1.93. The molecule has 0 bridgehead atoms. The van der Waals surface area contributed by atoms with Crippen molar-refractivity contribution in [3.8, 4) is 0 Å². The highest BCUT2D eigenvalue weighted by molar-refractivity contribution is 9.11. The van der Waals surface area contributed by atoms with Gasteiger partial charge in [-0.2, -0.15) is 0 Å².